The maximum Gasteiger partial charge on any atom is 0.138 e. The molecule has 12 heavy (non-hydrogen) atoms. The third-order valence-electron chi connectivity index (χ3n) is 1.41. The second-order valence-electron chi connectivity index (χ2n) is 2.11. The van der Waals surface area contributed by atoms with Crippen LogP contribution in [0.2, 0.25) is 0 Å². The number of aromatic nitrogens is 2. The largest absolute Gasteiger partial charge is 0.258 e. The Kier molecular flexibility index (Phi) is 4.78. The van der Waals surface area contributed by atoms with E-state index < -0.39 is 0 Å². The van der Waals surface area contributed by atoms with Crippen LogP contribution in [0, 0.1) is 11.3 Å². The summed E-state index contributed by atoms with van der Waals surface area (Å²) in [6.07, 6.45) is 0.884. The predicted molar refractivity (Wildman–Crippen MR) is 48.6 cm³/mol. The Morgan fingerprint density at radius 2 is 2.17 bits per heavy atom. The molecule has 0 N–H and O–H groups in total. The summed E-state index contributed by atoms with van der Waals surface area (Å²) in [5.74, 6) is 0. The van der Waals surface area contributed by atoms with Crippen molar-refractivity contribution in [2.24, 2.45) is 7.05 Å². The van der Waals surface area contributed by atoms with Gasteiger partial charge in [-0.3, -0.25) is 4.68 Å². The van der Waals surface area contributed by atoms with Gasteiger partial charge in [0.1, 0.15) is 11.8 Å². The highest BCUT2D eigenvalue weighted by Gasteiger charge is 1.99. The lowest BCUT2D eigenvalue weighted by Crippen LogP contribution is -1.93. The van der Waals surface area contributed by atoms with Crippen LogP contribution in [0.4, 0.5) is 0 Å². The van der Waals surface area contributed by atoms with Crippen molar-refractivity contribution in [3.05, 3.63) is 17.5 Å². The van der Waals surface area contributed by atoms with Crippen molar-refractivity contribution in [1.82, 2.24) is 9.78 Å². The summed E-state index contributed by atoms with van der Waals surface area (Å²) in [7, 11) is 1.78. The van der Waals surface area contributed by atoms with E-state index in [2.05, 4.69) is 11.2 Å². The average Bonchev–Trinajstić information content (AvgIpc) is 2.49. The molecule has 0 radical (unpaired) electrons. The summed E-state index contributed by atoms with van der Waals surface area (Å²) in [6.45, 7) is 6.02. The van der Waals surface area contributed by atoms with Gasteiger partial charge in [0, 0.05) is 7.05 Å². The molecule has 0 amide bonds. The van der Waals surface area contributed by atoms with Crippen LogP contribution in [0.3, 0.4) is 0 Å². The molecule has 0 saturated heterocycles. The standard InChI is InChI=1S/C7H9N3.C2H6/c1-3-6-4-7(5-8)10(2)9-6;1-2/h4H,3H2,1-2H3;1-2H3. The molecular weight excluding hydrogens is 150 g/mol. The van der Waals surface area contributed by atoms with Crippen molar-refractivity contribution in [3.63, 3.8) is 0 Å². The molecule has 0 unspecified atom stereocenters. The molecule has 0 aliphatic carbocycles. The molecular formula is C9H15N3. The van der Waals surface area contributed by atoms with Crippen LogP contribution in [0.25, 0.3) is 0 Å². The number of nitrogens with zero attached hydrogens (tertiary/aromatic N) is 3. The van der Waals surface area contributed by atoms with Crippen LogP contribution in [-0.2, 0) is 13.5 Å². The van der Waals surface area contributed by atoms with E-state index in [1.54, 1.807) is 17.8 Å². The zero-order chi connectivity index (χ0) is 9.56. The topological polar surface area (TPSA) is 41.6 Å². The highest BCUT2D eigenvalue weighted by atomic mass is 15.3. The van der Waals surface area contributed by atoms with Gasteiger partial charge in [0.15, 0.2) is 0 Å². The number of hydrogen-bond donors (Lipinski definition) is 0. The minimum absolute atomic E-state index is 0.622. The summed E-state index contributed by atoms with van der Waals surface area (Å²) >= 11 is 0. The molecule has 0 bridgehead atoms. The first kappa shape index (κ1) is 10.7. The molecule has 1 rings (SSSR count). The van der Waals surface area contributed by atoms with Crippen molar-refractivity contribution >= 4 is 0 Å². The van der Waals surface area contributed by atoms with Gasteiger partial charge < -0.3 is 0 Å². The van der Waals surface area contributed by atoms with E-state index in [0.29, 0.717) is 5.69 Å². The van der Waals surface area contributed by atoms with E-state index in [4.69, 9.17) is 5.26 Å². The monoisotopic (exact) mass is 165 g/mol. The molecule has 0 saturated carbocycles. The average molecular weight is 165 g/mol. The van der Waals surface area contributed by atoms with Crippen LogP contribution in [-0.4, -0.2) is 9.78 Å². The fourth-order valence-corrected chi connectivity index (χ4v) is 0.804. The van der Waals surface area contributed by atoms with Gasteiger partial charge >= 0.3 is 0 Å². The number of hydrogen-bond acceptors (Lipinski definition) is 2. The van der Waals surface area contributed by atoms with Gasteiger partial charge in [-0.25, -0.2) is 0 Å². The van der Waals surface area contributed by atoms with E-state index in [1.165, 1.54) is 0 Å². The Hall–Kier alpha value is -1.30. The second-order valence-corrected chi connectivity index (χ2v) is 2.11. The maximum atomic E-state index is 8.52. The van der Waals surface area contributed by atoms with E-state index >= 15 is 0 Å². The Morgan fingerprint density at radius 1 is 1.58 bits per heavy atom. The van der Waals surface area contributed by atoms with Crippen LogP contribution < -0.4 is 0 Å². The van der Waals surface area contributed by atoms with Crippen molar-refractivity contribution in [2.45, 2.75) is 27.2 Å². The SMILES string of the molecule is CC.CCc1cc(C#N)n(C)n1. The van der Waals surface area contributed by atoms with Crippen LogP contribution in [0.1, 0.15) is 32.2 Å². The highest BCUT2D eigenvalue weighted by molar-refractivity contribution is 5.22. The van der Waals surface area contributed by atoms with Gasteiger partial charge in [0.05, 0.1) is 5.69 Å². The quantitative estimate of drug-likeness (QED) is 0.637. The van der Waals surface area contributed by atoms with E-state index in [0.717, 1.165) is 12.1 Å². The molecule has 1 aromatic heterocycles. The maximum absolute atomic E-state index is 8.52. The lowest BCUT2D eigenvalue weighted by Gasteiger charge is -1.86. The van der Waals surface area contributed by atoms with Gasteiger partial charge in [-0.1, -0.05) is 20.8 Å². The van der Waals surface area contributed by atoms with Crippen molar-refractivity contribution in [2.75, 3.05) is 0 Å². The Bertz CT molecular complexity index is 268. The van der Waals surface area contributed by atoms with E-state index in [1.807, 2.05) is 20.8 Å². The Morgan fingerprint density at radius 3 is 2.42 bits per heavy atom. The number of nitriles is 1. The molecule has 0 aromatic carbocycles. The summed E-state index contributed by atoms with van der Waals surface area (Å²) in [4.78, 5) is 0. The zero-order valence-corrected chi connectivity index (χ0v) is 8.13. The minimum Gasteiger partial charge on any atom is -0.258 e. The predicted octanol–water partition coefficient (Wildman–Crippen LogP) is 1.88. The molecule has 0 spiro atoms. The first-order valence-electron chi connectivity index (χ1n) is 4.21. The van der Waals surface area contributed by atoms with E-state index in [9.17, 15) is 0 Å². The highest BCUT2D eigenvalue weighted by Crippen LogP contribution is 2.00. The normalized spacial score (nSPS) is 8.25. The van der Waals surface area contributed by atoms with Gasteiger partial charge in [0.2, 0.25) is 0 Å². The molecule has 0 aliphatic rings. The molecule has 1 heterocycles. The third-order valence-corrected chi connectivity index (χ3v) is 1.41. The first-order valence-corrected chi connectivity index (χ1v) is 4.21. The Labute approximate surface area is 73.6 Å². The lowest BCUT2D eigenvalue weighted by molar-refractivity contribution is 0.736. The second kappa shape index (κ2) is 5.36. The third kappa shape index (κ3) is 2.39. The summed E-state index contributed by atoms with van der Waals surface area (Å²) in [5, 5.41) is 12.6. The van der Waals surface area contributed by atoms with Crippen LogP contribution in [0.15, 0.2) is 6.07 Å². The summed E-state index contributed by atoms with van der Waals surface area (Å²) < 4.78 is 1.60. The smallest absolute Gasteiger partial charge is 0.138 e. The molecule has 3 heteroatoms. The minimum atomic E-state index is 0.622. The fraction of sp³-hybridized carbons (Fsp3) is 0.556. The van der Waals surface area contributed by atoms with Gasteiger partial charge in [0.25, 0.3) is 0 Å². The molecule has 0 aliphatic heterocycles. The van der Waals surface area contributed by atoms with Crippen LogP contribution in [0.5, 0.6) is 0 Å². The zero-order valence-electron chi connectivity index (χ0n) is 8.13. The molecule has 0 fully saturated rings. The summed E-state index contributed by atoms with van der Waals surface area (Å²) in [5.41, 5.74) is 1.59. The number of rotatable bonds is 1. The van der Waals surface area contributed by atoms with Gasteiger partial charge in [-0.2, -0.15) is 10.4 Å². The van der Waals surface area contributed by atoms with Gasteiger partial charge in [-0.05, 0) is 12.5 Å². The molecule has 0 atom stereocenters. The molecule has 66 valence electrons. The van der Waals surface area contributed by atoms with E-state index in [-0.39, 0.29) is 0 Å². The van der Waals surface area contributed by atoms with Crippen molar-refractivity contribution in [1.29, 1.82) is 5.26 Å². The Balaban J connectivity index is 0.000000561. The van der Waals surface area contributed by atoms with Crippen molar-refractivity contribution < 1.29 is 0 Å². The van der Waals surface area contributed by atoms with Gasteiger partial charge in [-0.15, -0.1) is 0 Å². The molecule has 1 aromatic rings. The molecule has 3 nitrogen and oxygen atoms in total. The lowest BCUT2D eigenvalue weighted by atomic mass is 10.3. The number of aryl methyl sites for hydroxylation is 2. The van der Waals surface area contributed by atoms with Crippen LogP contribution >= 0.6 is 0 Å². The van der Waals surface area contributed by atoms with Crippen molar-refractivity contribution in [3.8, 4) is 6.07 Å². The fourth-order valence-electron chi connectivity index (χ4n) is 0.804. The summed E-state index contributed by atoms with van der Waals surface area (Å²) in [6, 6.07) is 3.86. The first-order chi connectivity index (χ1) is 5.77.